The lowest BCUT2D eigenvalue weighted by molar-refractivity contribution is 0.0924. The average Bonchev–Trinajstić information content (AvgIpc) is 2.86. The Labute approximate surface area is 112 Å². The maximum atomic E-state index is 12.1. The van der Waals surface area contributed by atoms with Crippen LogP contribution in [-0.4, -0.2) is 41.0 Å². The van der Waals surface area contributed by atoms with Gasteiger partial charge in [0, 0.05) is 20.1 Å². The molecule has 1 amide bonds. The summed E-state index contributed by atoms with van der Waals surface area (Å²) in [6, 6.07) is 0.267. The molecule has 0 aliphatic heterocycles. The number of H-pyrrole nitrogens is 1. The van der Waals surface area contributed by atoms with Crippen LogP contribution < -0.4 is 5.32 Å². The number of nitrogens with one attached hydrogen (secondary N) is 2. The van der Waals surface area contributed by atoms with E-state index in [-0.39, 0.29) is 11.9 Å². The summed E-state index contributed by atoms with van der Waals surface area (Å²) in [6.45, 7) is 0. The van der Waals surface area contributed by atoms with Crippen LogP contribution >= 0.6 is 0 Å². The van der Waals surface area contributed by atoms with E-state index < -0.39 is 0 Å². The number of amides is 1. The Morgan fingerprint density at radius 1 is 1.42 bits per heavy atom. The van der Waals surface area contributed by atoms with Gasteiger partial charge in [-0.05, 0) is 12.8 Å². The van der Waals surface area contributed by atoms with Crippen LogP contribution in [0.1, 0.15) is 42.6 Å². The number of hydrogen-bond donors (Lipinski definition) is 2. The van der Waals surface area contributed by atoms with Crippen molar-refractivity contribution >= 4 is 11.7 Å². The molecular weight excluding hydrogens is 244 g/mol. The first-order valence-corrected chi connectivity index (χ1v) is 6.60. The number of rotatable bonds is 4. The highest BCUT2D eigenvalue weighted by molar-refractivity contribution is 5.96. The third-order valence-corrected chi connectivity index (χ3v) is 3.11. The second kappa shape index (κ2) is 6.31. The molecule has 1 aromatic rings. The lowest BCUT2D eigenvalue weighted by atomic mass is 9.95. The van der Waals surface area contributed by atoms with E-state index in [1.807, 2.05) is 0 Å². The van der Waals surface area contributed by atoms with Crippen LogP contribution in [0.15, 0.2) is 16.7 Å². The van der Waals surface area contributed by atoms with Crippen molar-refractivity contribution in [1.82, 2.24) is 20.3 Å². The van der Waals surface area contributed by atoms with E-state index >= 15 is 0 Å². The first-order chi connectivity index (χ1) is 9.16. The topological polar surface area (TPSA) is 85.7 Å². The van der Waals surface area contributed by atoms with Gasteiger partial charge < -0.3 is 10.3 Å². The van der Waals surface area contributed by atoms with E-state index in [0.717, 1.165) is 12.8 Å². The summed E-state index contributed by atoms with van der Waals surface area (Å²) in [5, 5.41) is 12.4. The second-order valence-corrected chi connectivity index (χ2v) is 4.95. The third-order valence-electron chi connectivity index (χ3n) is 3.11. The summed E-state index contributed by atoms with van der Waals surface area (Å²) < 4.78 is 0. The Morgan fingerprint density at radius 3 is 2.84 bits per heavy atom. The molecule has 0 saturated heterocycles. The average molecular weight is 264 g/mol. The zero-order valence-corrected chi connectivity index (χ0v) is 11.4. The fourth-order valence-electron chi connectivity index (χ4n) is 2.17. The van der Waals surface area contributed by atoms with Gasteiger partial charge in [-0.2, -0.15) is 0 Å². The Morgan fingerprint density at radius 2 is 2.16 bits per heavy atom. The predicted molar refractivity (Wildman–Crippen MR) is 71.1 cm³/mol. The molecule has 7 heteroatoms. The molecule has 2 rings (SSSR count). The minimum Gasteiger partial charge on any atom is -0.348 e. The minimum absolute atomic E-state index is 0.155. The van der Waals surface area contributed by atoms with Crippen LogP contribution in [0.4, 0.5) is 5.82 Å². The van der Waals surface area contributed by atoms with E-state index in [1.165, 1.54) is 25.6 Å². The maximum absolute atomic E-state index is 12.1. The van der Waals surface area contributed by atoms with E-state index in [1.54, 1.807) is 19.1 Å². The van der Waals surface area contributed by atoms with Crippen LogP contribution in [-0.2, 0) is 0 Å². The summed E-state index contributed by atoms with van der Waals surface area (Å²) in [4.78, 5) is 19.0. The van der Waals surface area contributed by atoms with Gasteiger partial charge in [-0.15, -0.1) is 5.11 Å². The number of imidazole rings is 1. The molecule has 1 fully saturated rings. The molecule has 7 nitrogen and oxygen atoms in total. The molecule has 1 saturated carbocycles. The molecule has 0 radical (unpaired) electrons. The number of carbonyl (C=O) groups excluding carboxylic acids is 1. The minimum atomic E-state index is -0.155. The lowest BCUT2D eigenvalue weighted by Gasteiger charge is -2.22. The summed E-state index contributed by atoms with van der Waals surface area (Å²) in [7, 11) is 3.52. The molecule has 0 unspecified atom stereocenters. The van der Waals surface area contributed by atoms with Crippen molar-refractivity contribution in [3.8, 4) is 0 Å². The van der Waals surface area contributed by atoms with Crippen LogP contribution in [0.3, 0.4) is 0 Å². The number of aromatic nitrogens is 2. The first-order valence-electron chi connectivity index (χ1n) is 6.60. The molecule has 0 bridgehead atoms. The fourth-order valence-corrected chi connectivity index (χ4v) is 2.17. The number of nitrogens with zero attached hydrogens (tertiary/aromatic N) is 4. The van der Waals surface area contributed by atoms with Gasteiger partial charge in [-0.1, -0.05) is 24.5 Å². The molecule has 0 aromatic carbocycles. The smallest absolute Gasteiger partial charge is 0.271 e. The SMILES string of the molecule is CN(C)N=Nc1nc[nH]c1C(=O)NC1CCCCC1. The third kappa shape index (κ3) is 3.77. The molecule has 1 aliphatic rings. The highest BCUT2D eigenvalue weighted by atomic mass is 16.2. The normalized spacial score (nSPS) is 16.7. The van der Waals surface area contributed by atoms with Gasteiger partial charge >= 0.3 is 0 Å². The van der Waals surface area contributed by atoms with Gasteiger partial charge in [0.25, 0.3) is 5.91 Å². The van der Waals surface area contributed by atoms with Crippen LogP contribution in [0.25, 0.3) is 0 Å². The molecule has 0 atom stereocenters. The number of hydrogen-bond acceptors (Lipinski definition) is 4. The lowest BCUT2D eigenvalue weighted by Crippen LogP contribution is -2.36. The molecule has 104 valence electrons. The molecule has 2 N–H and O–H groups in total. The van der Waals surface area contributed by atoms with E-state index in [0.29, 0.717) is 11.5 Å². The molecule has 1 heterocycles. The van der Waals surface area contributed by atoms with E-state index in [2.05, 4.69) is 25.6 Å². The van der Waals surface area contributed by atoms with Gasteiger partial charge in [-0.3, -0.25) is 9.80 Å². The van der Waals surface area contributed by atoms with Gasteiger partial charge in [-0.25, -0.2) is 4.98 Å². The highest BCUT2D eigenvalue weighted by Gasteiger charge is 2.20. The molecule has 1 aliphatic carbocycles. The van der Waals surface area contributed by atoms with Crippen molar-refractivity contribution in [2.45, 2.75) is 38.1 Å². The van der Waals surface area contributed by atoms with E-state index in [9.17, 15) is 4.79 Å². The largest absolute Gasteiger partial charge is 0.348 e. The van der Waals surface area contributed by atoms with Crippen molar-refractivity contribution in [2.75, 3.05) is 14.1 Å². The second-order valence-electron chi connectivity index (χ2n) is 4.95. The maximum Gasteiger partial charge on any atom is 0.271 e. The van der Waals surface area contributed by atoms with Crippen LogP contribution in [0.5, 0.6) is 0 Å². The van der Waals surface area contributed by atoms with Crippen molar-refractivity contribution in [3.05, 3.63) is 12.0 Å². The standard InChI is InChI=1S/C12H20N6O/c1-18(2)17-16-11-10(13-8-14-11)12(19)15-9-6-4-3-5-7-9/h8-9H,3-7H2,1-2H3,(H,13,14)(H,15,19). The summed E-state index contributed by atoms with van der Waals surface area (Å²) in [5.74, 6) is 0.166. The van der Waals surface area contributed by atoms with Gasteiger partial charge in [0.15, 0.2) is 5.69 Å². The van der Waals surface area contributed by atoms with Gasteiger partial charge in [0.1, 0.15) is 0 Å². The Balaban J connectivity index is 2.00. The van der Waals surface area contributed by atoms with Crippen LogP contribution in [0.2, 0.25) is 0 Å². The van der Waals surface area contributed by atoms with Crippen molar-refractivity contribution < 1.29 is 4.79 Å². The Hall–Kier alpha value is -1.92. The Bertz CT molecular complexity index is 447. The first kappa shape index (κ1) is 13.5. The van der Waals surface area contributed by atoms with Crippen molar-refractivity contribution in [3.63, 3.8) is 0 Å². The molecule has 19 heavy (non-hydrogen) atoms. The molecule has 0 spiro atoms. The highest BCUT2D eigenvalue weighted by Crippen LogP contribution is 2.19. The van der Waals surface area contributed by atoms with Crippen LogP contribution in [0, 0.1) is 0 Å². The van der Waals surface area contributed by atoms with Crippen molar-refractivity contribution in [1.29, 1.82) is 0 Å². The van der Waals surface area contributed by atoms with Gasteiger partial charge in [0.2, 0.25) is 5.82 Å². The predicted octanol–water partition coefficient (Wildman–Crippen LogP) is 2.03. The Kier molecular flexibility index (Phi) is 4.48. The molecule has 1 aromatic heterocycles. The number of aromatic amines is 1. The fraction of sp³-hybridized carbons (Fsp3) is 0.667. The zero-order valence-electron chi connectivity index (χ0n) is 11.4. The summed E-state index contributed by atoms with van der Waals surface area (Å²) in [6.07, 6.45) is 7.18. The van der Waals surface area contributed by atoms with E-state index in [4.69, 9.17) is 0 Å². The number of carbonyl (C=O) groups is 1. The van der Waals surface area contributed by atoms with Gasteiger partial charge in [0.05, 0.1) is 6.33 Å². The summed E-state index contributed by atoms with van der Waals surface area (Å²) in [5.41, 5.74) is 0.371. The monoisotopic (exact) mass is 264 g/mol. The van der Waals surface area contributed by atoms with Crippen molar-refractivity contribution in [2.24, 2.45) is 10.3 Å². The quantitative estimate of drug-likeness (QED) is 0.644. The summed E-state index contributed by atoms with van der Waals surface area (Å²) >= 11 is 0. The zero-order chi connectivity index (χ0) is 13.7. The molecular formula is C12H20N6O.